The minimum Gasteiger partial charge on any atom is -0.454 e. The van der Waals surface area contributed by atoms with E-state index in [-0.39, 0.29) is 6.79 Å². The lowest BCUT2D eigenvalue weighted by Crippen LogP contribution is -1.97. The van der Waals surface area contributed by atoms with Crippen LogP contribution in [0.2, 0.25) is 5.02 Å². The SMILES string of the molecule is CCCNc1ncc(-c2cc(Cl)c3c(c2)OCO3)s1. The summed E-state index contributed by atoms with van der Waals surface area (Å²) in [6.07, 6.45) is 2.92. The lowest BCUT2D eigenvalue weighted by atomic mass is 10.2. The number of anilines is 1. The van der Waals surface area contributed by atoms with Crippen LogP contribution in [0.4, 0.5) is 5.13 Å². The molecular formula is C13H13ClN2O2S. The van der Waals surface area contributed by atoms with Crippen LogP contribution >= 0.6 is 22.9 Å². The molecule has 2 aromatic rings. The van der Waals surface area contributed by atoms with Crippen LogP contribution in [0.15, 0.2) is 18.3 Å². The van der Waals surface area contributed by atoms with Gasteiger partial charge in [-0.2, -0.15) is 0 Å². The Kier molecular flexibility index (Phi) is 3.48. The molecule has 0 radical (unpaired) electrons. The second-order valence-electron chi connectivity index (χ2n) is 4.15. The molecule has 1 aliphatic rings. The molecule has 0 fully saturated rings. The quantitative estimate of drug-likeness (QED) is 0.925. The zero-order valence-corrected chi connectivity index (χ0v) is 12.0. The van der Waals surface area contributed by atoms with Gasteiger partial charge in [-0.15, -0.1) is 0 Å². The summed E-state index contributed by atoms with van der Waals surface area (Å²) >= 11 is 7.78. The Hall–Kier alpha value is -1.46. The van der Waals surface area contributed by atoms with Crippen molar-refractivity contribution in [3.63, 3.8) is 0 Å². The maximum Gasteiger partial charge on any atom is 0.231 e. The Labute approximate surface area is 120 Å². The number of halogens is 1. The summed E-state index contributed by atoms with van der Waals surface area (Å²) in [5.41, 5.74) is 0.997. The average Bonchev–Trinajstić information content (AvgIpc) is 3.05. The minimum atomic E-state index is 0.227. The summed E-state index contributed by atoms with van der Waals surface area (Å²) in [5.74, 6) is 1.32. The summed E-state index contributed by atoms with van der Waals surface area (Å²) < 4.78 is 10.7. The van der Waals surface area contributed by atoms with Gasteiger partial charge in [0.15, 0.2) is 16.6 Å². The molecule has 2 heterocycles. The highest BCUT2D eigenvalue weighted by atomic mass is 35.5. The fourth-order valence-electron chi connectivity index (χ4n) is 1.83. The van der Waals surface area contributed by atoms with Crippen molar-refractivity contribution in [3.8, 4) is 21.9 Å². The third-order valence-corrected chi connectivity index (χ3v) is 4.03. The molecule has 1 aliphatic heterocycles. The van der Waals surface area contributed by atoms with Gasteiger partial charge in [0.2, 0.25) is 6.79 Å². The summed E-state index contributed by atoms with van der Waals surface area (Å²) in [4.78, 5) is 5.40. The smallest absolute Gasteiger partial charge is 0.231 e. The predicted octanol–water partition coefficient (Wildman–Crippen LogP) is 4.01. The third-order valence-electron chi connectivity index (χ3n) is 2.74. The van der Waals surface area contributed by atoms with Crippen LogP contribution in [-0.4, -0.2) is 18.3 Å². The van der Waals surface area contributed by atoms with Crippen molar-refractivity contribution in [1.82, 2.24) is 4.98 Å². The second kappa shape index (κ2) is 5.27. The molecule has 100 valence electrons. The number of hydrogen-bond acceptors (Lipinski definition) is 5. The molecule has 0 spiro atoms. The van der Waals surface area contributed by atoms with E-state index in [9.17, 15) is 0 Å². The molecule has 0 saturated carbocycles. The van der Waals surface area contributed by atoms with Gasteiger partial charge in [0.25, 0.3) is 0 Å². The van der Waals surface area contributed by atoms with Crippen LogP contribution < -0.4 is 14.8 Å². The van der Waals surface area contributed by atoms with Crippen molar-refractivity contribution >= 4 is 28.1 Å². The first kappa shape index (κ1) is 12.6. The zero-order valence-electron chi connectivity index (χ0n) is 10.4. The number of fused-ring (bicyclic) bond motifs is 1. The van der Waals surface area contributed by atoms with E-state index in [1.165, 1.54) is 0 Å². The molecule has 0 saturated heterocycles. The van der Waals surface area contributed by atoms with Crippen LogP contribution in [0.3, 0.4) is 0 Å². The van der Waals surface area contributed by atoms with Gasteiger partial charge in [-0.1, -0.05) is 29.9 Å². The van der Waals surface area contributed by atoms with Crippen LogP contribution in [0.5, 0.6) is 11.5 Å². The fraction of sp³-hybridized carbons (Fsp3) is 0.308. The Balaban J connectivity index is 1.90. The van der Waals surface area contributed by atoms with Gasteiger partial charge in [-0.3, -0.25) is 0 Å². The lowest BCUT2D eigenvalue weighted by Gasteiger charge is -2.02. The van der Waals surface area contributed by atoms with E-state index in [1.54, 1.807) is 11.3 Å². The van der Waals surface area contributed by atoms with Crippen molar-refractivity contribution in [2.75, 3.05) is 18.7 Å². The van der Waals surface area contributed by atoms with E-state index in [2.05, 4.69) is 17.2 Å². The van der Waals surface area contributed by atoms with E-state index in [0.29, 0.717) is 16.5 Å². The number of rotatable bonds is 4. The molecule has 0 atom stereocenters. The molecule has 0 unspecified atom stereocenters. The Morgan fingerprint density at radius 3 is 3.16 bits per heavy atom. The van der Waals surface area contributed by atoms with E-state index in [0.717, 1.165) is 28.5 Å². The van der Waals surface area contributed by atoms with E-state index < -0.39 is 0 Å². The minimum absolute atomic E-state index is 0.227. The first-order valence-electron chi connectivity index (χ1n) is 6.07. The van der Waals surface area contributed by atoms with Crippen molar-refractivity contribution in [2.45, 2.75) is 13.3 Å². The van der Waals surface area contributed by atoms with Gasteiger partial charge in [0.1, 0.15) is 0 Å². The van der Waals surface area contributed by atoms with Gasteiger partial charge in [-0.05, 0) is 24.1 Å². The topological polar surface area (TPSA) is 43.4 Å². The summed E-state index contributed by atoms with van der Waals surface area (Å²) in [7, 11) is 0. The number of benzene rings is 1. The number of thiazole rings is 1. The van der Waals surface area contributed by atoms with E-state index in [1.807, 2.05) is 18.3 Å². The maximum absolute atomic E-state index is 6.18. The van der Waals surface area contributed by atoms with Gasteiger partial charge >= 0.3 is 0 Å². The molecule has 4 nitrogen and oxygen atoms in total. The molecule has 0 bridgehead atoms. The lowest BCUT2D eigenvalue weighted by molar-refractivity contribution is 0.174. The molecular weight excluding hydrogens is 284 g/mol. The number of nitrogens with zero attached hydrogens (tertiary/aromatic N) is 1. The monoisotopic (exact) mass is 296 g/mol. The predicted molar refractivity (Wildman–Crippen MR) is 77.5 cm³/mol. The third kappa shape index (κ3) is 2.48. The van der Waals surface area contributed by atoms with Crippen LogP contribution in [0.25, 0.3) is 10.4 Å². The summed E-state index contributed by atoms with van der Waals surface area (Å²) in [6.45, 7) is 3.28. The Morgan fingerprint density at radius 1 is 1.42 bits per heavy atom. The van der Waals surface area contributed by atoms with Gasteiger partial charge in [0.05, 0.1) is 9.90 Å². The molecule has 6 heteroatoms. The average molecular weight is 297 g/mol. The highest BCUT2D eigenvalue weighted by Gasteiger charge is 2.19. The molecule has 0 aliphatic carbocycles. The van der Waals surface area contributed by atoms with Crippen LogP contribution in [0.1, 0.15) is 13.3 Å². The Bertz CT molecular complexity index is 600. The largest absolute Gasteiger partial charge is 0.454 e. The molecule has 1 aromatic heterocycles. The fourth-order valence-corrected chi connectivity index (χ4v) is 2.93. The second-order valence-corrected chi connectivity index (χ2v) is 5.59. The van der Waals surface area contributed by atoms with E-state index >= 15 is 0 Å². The van der Waals surface area contributed by atoms with Crippen LogP contribution in [0, 0.1) is 0 Å². The van der Waals surface area contributed by atoms with Crippen molar-refractivity contribution < 1.29 is 9.47 Å². The molecule has 0 amide bonds. The number of nitrogens with one attached hydrogen (secondary N) is 1. The normalized spacial score (nSPS) is 12.7. The first-order chi connectivity index (χ1) is 9.28. The van der Waals surface area contributed by atoms with Gasteiger partial charge in [-0.25, -0.2) is 4.98 Å². The number of hydrogen-bond donors (Lipinski definition) is 1. The zero-order chi connectivity index (χ0) is 13.2. The van der Waals surface area contributed by atoms with Crippen molar-refractivity contribution in [1.29, 1.82) is 0 Å². The highest BCUT2D eigenvalue weighted by Crippen LogP contribution is 2.43. The van der Waals surface area contributed by atoms with Crippen molar-refractivity contribution in [3.05, 3.63) is 23.4 Å². The molecule has 1 aromatic carbocycles. The standard InChI is InChI=1S/C13H13ClN2O2S/c1-2-3-15-13-16-6-11(19-13)8-4-9(14)12-10(5-8)17-7-18-12/h4-6H,2-3,7H2,1H3,(H,15,16). The highest BCUT2D eigenvalue weighted by molar-refractivity contribution is 7.18. The summed E-state index contributed by atoms with van der Waals surface area (Å²) in [5, 5.41) is 4.76. The summed E-state index contributed by atoms with van der Waals surface area (Å²) in [6, 6.07) is 3.82. The number of ether oxygens (including phenoxy) is 2. The number of aromatic nitrogens is 1. The van der Waals surface area contributed by atoms with Crippen LogP contribution in [-0.2, 0) is 0 Å². The Morgan fingerprint density at radius 2 is 2.32 bits per heavy atom. The molecule has 3 rings (SSSR count). The van der Waals surface area contributed by atoms with Gasteiger partial charge in [0, 0.05) is 12.7 Å². The van der Waals surface area contributed by atoms with E-state index in [4.69, 9.17) is 21.1 Å². The molecule has 19 heavy (non-hydrogen) atoms. The first-order valence-corrected chi connectivity index (χ1v) is 7.26. The van der Waals surface area contributed by atoms with Gasteiger partial charge < -0.3 is 14.8 Å². The van der Waals surface area contributed by atoms with Crippen molar-refractivity contribution in [2.24, 2.45) is 0 Å². The molecule has 1 N–H and O–H groups in total. The maximum atomic E-state index is 6.18.